The zero-order valence-corrected chi connectivity index (χ0v) is 15.3. The van der Waals surface area contributed by atoms with E-state index in [4.69, 9.17) is 16.0 Å². The highest BCUT2D eigenvalue weighted by Gasteiger charge is 2.32. The Morgan fingerprint density at radius 3 is 2.84 bits per heavy atom. The Labute approximate surface area is 152 Å². The van der Waals surface area contributed by atoms with E-state index in [-0.39, 0.29) is 4.90 Å². The number of benzene rings is 1. The Kier molecular flexibility index (Phi) is 4.01. The summed E-state index contributed by atoms with van der Waals surface area (Å²) in [7, 11) is -3.74. The Bertz CT molecular complexity index is 1020. The van der Waals surface area contributed by atoms with Crippen LogP contribution in [0.15, 0.2) is 58.4 Å². The molecule has 2 heterocycles. The lowest BCUT2D eigenvalue weighted by Crippen LogP contribution is -2.14. The zero-order chi connectivity index (χ0) is 17.6. The summed E-state index contributed by atoms with van der Waals surface area (Å²) in [5, 5.41) is 0.400. The summed E-state index contributed by atoms with van der Waals surface area (Å²) in [5.74, 6) is 0.400. The van der Waals surface area contributed by atoms with Crippen molar-refractivity contribution in [3.05, 3.63) is 65.2 Å². The van der Waals surface area contributed by atoms with Crippen LogP contribution in [0.25, 0.3) is 11.3 Å². The van der Waals surface area contributed by atoms with Gasteiger partial charge in [0.15, 0.2) is 0 Å². The fraction of sp³-hybridized carbons (Fsp3) is 0.263. The van der Waals surface area contributed by atoms with Crippen LogP contribution in [0.5, 0.6) is 0 Å². The highest BCUT2D eigenvalue weighted by Crippen LogP contribution is 2.43. The second-order valence-corrected chi connectivity index (χ2v) is 8.58. The van der Waals surface area contributed by atoms with Gasteiger partial charge >= 0.3 is 0 Å². The van der Waals surface area contributed by atoms with Crippen LogP contribution in [-0.2, 0) is 16.4 Å². The average Bonchev–Trinajstić information content (AvgIpc) is 3.30. The molecule has 0 fully saturated rings. The number of halogens is 1. The van der Waals surface area contributed by atoms with Crippen molar-refractivity contribution in [1.29, 1.82) is 0 Å². The number of hydrogen-bond donors (Lipinski definition) is 0. The summed E-state index contributed by atoms with van der Waals surface area (Å²) >= 11 is 6.01. The Morgan fingerprint density at radius 2 is 2.16 bits per heavy atom. The van der Waals surface area contributed by atoms with E-state index in [1.165, 1.54) is 10.0 Å². The molecule has 1 unspecified atom stereocenters. The van der Waals surface area contributed by atoms with E-state index >= 15 is 0 Å². The monoisotopic (exact) mass is 375 g/mol. The van der Waals surface area contributed by atoms with E-state index in [2.05, 4.69) is 6.92 Å². The van der Waals surface area contributed by atoms with Gasteiger partial charge in [0.2, 0.25) is 0 Å². The van der Waals surface area contributed by atoms with Crippen LogP contribution >= 0.6 is 11.6 Å². The third-order valence-electron chi connectivity index (χ3n) is 4.93. The molecule has 2 aromatic heterocycles. The second kappa shape index (κ2) is 6.07. The minimum absolute atomic E-state index is 0.187. The fourth-order valence-corrected chi connectivity index (χ4v) is 5.40. The van der Waals surface area contributed by atoms with E-state index in [0.29, 0.717) is 16.6 Å². The van der Waals surface area contributed by atoms with E-state index < -0.39 is 10.0 Å². The van der Waals surface area contributed by atoms with Gasteiger partial charge in [0.05, 0.1) is 23.1 Å². The largest absolute Gasteiger partial charge is 0.472 e. The summed E-state index contributed by atoms with van der Waals surface area (Å²) in [6.45, 7) is 2.14. The maximum Gasteiger partial charge on any atom is 0.268 e. The van der Waals surface area contributed by atoms with Crippen LogP contribution in [-0.4, -0.2) is 12.4 Å². The van der Waals surface area contributed by atoms with Crippen molar-refractivity contribution in [2.45, 2.75) is 37.0 Å². The SMILES string of the molecule is CCC1CCc2c1cn(S(=O)(=O)c1cccc(Cl)c1)c2-c1ccoc1. The van der Waals surface area contributed by atoms with Gasteiger partial charge in [-0.2, -0.15) is 0 Å². The minimum atomic E-state index is -3.74. The molecule has 6 heteroatoms. The standard InChI is InChI=1S/C19H18ClNO3S/c1-2-13-6-7-17-18(13)11-21(19(17)14-8-9-24-12-14)25(22,23)16-5-3-4-15(20)10-16/h3-5,8-13H,2,6-7H2,1H3. The van der Waals surface area contributed by atoms with Crippen LogP contribution < -0.4 is 0 Å². The van der Waals surface area contributed by atoms with Crippen molar-refractivity contribution in [2.24, 2.45) is 0 Å². The first-order valence-electron chi connectivity index (χ1n) is 8.30. The molecule has 0 amide bonds. The molecule has 1 atom stereocenters. The average molecular weight is 376 g/mol. The number of nitrogens with zero attached hydrogens (tertiary/aromatic N) is 1. The van der Waals surface area contributed by atoms with Crippen molar-refractivity contribution in [2.75, 3.05) is 0 Å². The molecule has 25 heavy (non-hydrogen) atoms. The third-order valence-corrected chi connectivity index (χ3v) is 6.82. The van der Waals surface area contributed by atoms with Crippen LogP contribution in [0.3, 0.4) is 0 Å². The van der Waals surface area contributed by atoms with Crippen molar-refractivity contribution >= 4 is 21.6 Å². The van der Waals surface area contributed by atoms with Gasteiger partial charge in [0.25, 0.3) is 10.0 Å². The third kappa shape index (κ3) is 2.62. The molecule has 0 radical (unpaired) electrons. The number of furan rings is 1. The lowest BCUT2D eigenvalue weighted by Gasteiger charge is -2.12. The zero-order valence-electron chi connectivity index (χ0n) is 13.8. The van der Waals surface area contributed by atoms with Crippen molar-refractivity contribution in [1.82, 2.24) is 3.97 Å². The first-order valence-corrected chi connectivity index (χ1v) is 10.1. The van der Waals surface area contributed by atoms with Crippen molar-refractivity contribution in [3.63, 3.8) is 0 Å². The molecule has 0 N–H and O–H groups in total. The van der Waals surface area contributed by atoms with Gasteiger partial charge in [-0.05, 0) is 60.6 Å². The molecule has 1 aliphatic carbocycles. The molecule has 4 rings (SSSR count). The van der Waals surface area contributed by atoms with E-state index in [9.17, 15) is 8.42 Å². The van der Waals surface area contributed by atoms with Gasteiger partial charge in [-0.25, -0.2) is 12.4 Å². The summed E-state index contributed by atoms with van der Waals surface area (Å²) in [6, 6.07) is 8.18. The summed E-state index contributed by atoms with van der Waals surface area (Å²) in [5.41, 5.74) is 3.73. The molecule has 0 aliphatic heterocycles. The summed E-state index contributed by atoms with van der Waals surface area (Å²) in [4.78, 5) is 0.187. The molecule has 1 aromatic carbocycles. The van der Waals surface area contributed by atoms with Crippen LogP contribution in [0.4, 0.5) is 0 Å². The maximum atomic E-state index is 13.3. The molecule has 0 bridgehead atoms. The highest BCUT2D eigenvalue weighted by molar-refractivity contribution is 7.90. The van der Waals surface area contributed by atoms with E-state index in [1.54, 1.807) is 43.0 Å². The number of rotatable bonds is 4. The lowest BCUT2D eigenvalue weighted by molar-refractivity contribution is 0.567. The van der Waals surface area contributed by atoms with Gasteiger partial charge in [0.1, 0.15) is 0 Å². The van der Waals surface area contributed by atoms with Crippen LogP contribution in [0.2, 0.25) is 5.02 Å². The van der Waals surface area contributed by atoms with Crippen LogP contribution in [0, 0.1) is 0 Å². The Hall–Kier alpha value is -1.98. The van der Waals surface area contributed by atoms with Crippen molar-refractivity contribution < 1.29 is 12.8 Å². The Balaban J connectivity index is 1.96. The molecular weight excluding hydrogens is 358 g/mol. The van der Waals surface area contributed by atoms with Crippen LogP contribution in [0.1, 0.15) is 36.8 Å². The predicted octanol–water partition coefficient (Wildman–Crippen LogP) is 5.08. The molecule has 0 saturated carbocycles. The van der Waals surface area contributed by atoms with Gasteiger partial charge in [-0.3, -0.25) is 0 Å². The normalized spacial score (nSPS) is 17.0. The summed E-state index contributed by atoms with van der Waals surface area (Å²) < 4.78 is 33.2. The molecule has 0 saturated heterocycles. The number of aromatic nitrogens is 1. The second-order valence-electron chi connectivity index (χ2n) is 6.33. The van der Waals surface area contributed by atoms with Gasteiger partial charge in [-0.15, -0.1) is 0 Å². The number of fused-ring (bicyclic) bond motifs is 1. The Morgan fingerprint density at radius 1 is 1.32 bits per heavy atom. The highest BCUT2D eigenvalue weighted by atomic mass is 35.5. The molecule has 0 spiro atoms. The fourth-order valence-electron chi connectivity index (χ4n) is 3.68. The van der Waals surface area contributed by atoms with Gasteiger partial charge in [-0.1, -0.05) is 24.6 Å². The van der Waals surface area contributed by atoms with E-state index in [1.807, 2.05) is 0 Å². The first-order chi connectivity index (χ1) is 12.0. The smallest absolute Gasteiger partial charge is 0.268 e. The maximum absolute atomic E-state index is 13.3. The first kappa shape index (κ1) is 16.5. The van der Waals surface area contributed by atoms with E-state index in [0.717, 1.165) is 36.0 Å². The lowest BCUT2D eigenvalue weighted by atomic mass is 10.0. The molecular formula is C19H18ClNO3S. The van der Waals surface area contributed by atoms with Crippen molar-refractivity contribution in [3.8, 4) is 11.3 Å². The summed E-state index contributed by atoms with van der Waals surface area (Å²) in [6.07, 6.45) is 7.89. The molecule has 3 aromatic rings. The quantitative estimate of drug-likeness (QED) is 0.639. The molecule has 1 aliphatic rings. The number of hydrogen-bond acceptors (Lipinski definition) is 3. The topological polar surface area (TPSA) is 52.2 Å². The van der Waals surface area contributed by atoms with Gasteiger partial charge < -0.3 is 4.42 Å². The predicted molar refractivity (Wildman–Crippen MR) is 97.5 cm³/mol. The minimum Gasteiger partial charge on any atom is -0.472 e. The molecule has 130 valence electrons. The molecule has 4 nitrogen and oxygen atoms in total. The van der Waals surface area contributed by atoms with Gasteiger partial charge in [0, 0.05) is 16.8 Å².